The third kappa shape index (κ3) is 3.01. The van der Waals surface area contributed by atoms with E-state index in [0.29, 0.717) is 16.9 Å². The first-order valence-electron chi connectivity index (χ1n) is 6.13. The van der Waals surface area contributed by atoms with Crippen LogP contribution in [0.5, 0.6) is 11.5 Å². The summed E-state index contributed by atoms with van der Waals surface area (Å²) in [4.78, 5) is 0. The van der Waals surface area contributed by atoms with Crippen LogP contribution in [0, 0.1) is 25.2 Å². The van der Waals surface area contributed by atoms with Crippen molar-refractivity contribution in [3.8, 4) is 17.6 Å². The van der Waals surface area contributed by atoms with E-state index in [2.05, 4.69) is 22.0 Å². The third-order valence-electron chi connectivity index (χ3n) is 2.99. The maximum absolute atomic E-state index is 9.40. The van der Waals surface area contributed by atoms with E-state index in [4.69, 9.17) is 10.00 Å². The van der Waals surface area contributed by atoms with E-state index in [0.717, 1.165) is 21.3 Å². The number of aliphatic hydroxyl groups excluding tert-OH is 1. The highest BCUT2D eigenvalue weighted by Crippen LogP contribution is 2.33. The molecule has 0 aliphatic heterocycles. The fourth-order valence-electron chi connectivity index (χ4n) is 2.06. The normalized spacial score (nSPS) is 10.2. The monoisotopic (exact) mass is 331 g/mol. The Morgan fingerprint density at radius 3 is 2.40 bits per heavy atom. The molecule has 4 heteroatoms. The molecule has 0 saturated heterocycles. The van der Waals surface area contributed by atoms with Gasteiger partial charge in [0.15, 0.2) is 0 Å². The lowest BCUT2D eigenvalue weighted by Crippen LogP contribution is -1.96. The number of nitriles is 1. The summed E-state index contributed by atoms with van der Waals surface area (Å²) < 4.78 is 6.82. The van der Waals surface area contributed by atoms with Gasteiger partial charge in [0, 0.05) is 10.0 Å². The van der Waals surface area contributed by atoms with Crippen LogP contribution >= 0.6 is 15.9 Å². The molecule has 1 N–H and O–H groups in total. The van der Waals surface area contributed by atoms with Gasteiger partial charge in [0.05, 0.1) is 18.2 Å². The molecule has 0 spiro atoms. The Bertz CT molecular complexity index is 666. The molecular formula is C16H14BrNO2. The van der Waals surface area contributed by atoms with Gasteiger partial charge in [-0.15, -0.1) is 0 Å². The van der Waals surface area contributed by atoms with Crippen LogP contribution in [0.4, 0.5) is 0 Å². The molecule has 0 aliphatic carbocycles. The fraction of sp³-hybridized carbons (Fsp3) is 0.188. The highest BCUT2D eigenvalue weighted by molar-refractivity contribution is 9.10. The number of rotatable bonds is 3. The van der Waals surface area contributed by atoms with Crippen LogP contribution in [-0.4, -0.2) is 5.11 Å². The molecule has 2 aromatic rings. The number of hydrogen-bond donors (Lipinski definition) is 1. The summed E-state index contributed by atoms with van der Waals surface area (Å²) in [6.07, 6.45) is 0. The zero-order chi connectivity index (χ0) is 14.7. The molecule has 20 heavy (non-hydrogen) atoms. The van der Waals surface area contributed by atoms with Crippen LogP contribution in [0.1, 0.15) is 22.3 Å². The SMILES string of the molecule is Cc1cc(C#N)cc(C)c1Oc1ccc(Br)cc1CO. The molecule has 0 radical (unpaired) electrons. The van der Waals surface area contributed by atoms with Gasteiger partial charge in [-0.1, -0.05) is 15.9 Å². The van der Waals surface area contributed by atoms with Crippen LogP contribution in [0.3, 0.4) is 0 Å². The average Bonchev–Trinajstić information content (AvgIpc) is 2.43. The Balaban J connectivity index is 2.43. The van der Waals surface area contributed by atoms with Gasteiger partial charge in [-0.3, -0.25) is 0 Å². The standard InChI is InChI=1S/C16H14BrNO2/c1-10-5-12(8-18)6-11(2)16(10)20-15-4-3-14(17)7-13(15)9-19/h3-7,19H,9H2,1-2H3. The molecule has 0 saturated carbocycles. The summed E-state index contributed by atoms with van der Waals surface area (Å²) in [5, 5.41) is 18.3. The topological polar surface area (TPSA) is 53.2 Å². The Morgan fingerprint density at radius 2 is 1.85 bits per heavy atom. The van der Waals surface area contributed by atoms with Crippen LogP contribution in [0.15, 0.2) is 34.8 Å². The van der Waals surface area contributed by atoms with Crippen molar-refractivity contribution in [2.45, 2.75) is 20.5 Å². The number of aryl methyl sites for hydroxylation is 2. The van der Waals surface area contributed by atoms with E-state index in [1.54, 1.807) is 12.1 Å². The van der Waals surface area contributed by atoms with Gasteiger partial charge >= 0.3 is 0 Å². The Morgan fingerprint density at radius 1 is 1.20 bits per heavy atom. The second-order valence-electron chi connectivity index (χ2n) is 4.56. The minimum atomic E-state index is -0.0941. The molecule has 2 rings (SSSR count). The molecule has 3 nitrogen and oxygen atoms in total. The first-order chi connectivity index (χ1) is 9.55. The molecule has 0 atom stereocenters. The van der Waals surface area contributed by atoms with Gasteiger partial charge < -0.3 is 9.84 Å². The maximum atomic E-state index is 9.40. The molecule has 0 heterocycles. The van der Waals surface area contributed by atoms with E-state index >= 15 is 0 Å². The lowest BCUT2D eigenvalue weighted by molar-refractivity contribution is 0.276. The summed E-state index contributed by atoms with van der Waals surface area (Å²) in [6.45, 7) is 3.71. The lowest BCUT2D eigenvalue weighted by atomic mass is 10.1. The summed E-state index contributed by atoms with van der Waals surface area (Å²) >= 11 is 3.37. The summed E-state index contributed by atoms with van der Waals surface area (Å²) in [7, 11) is 0. The van der Waals surface area contributed by atoms with Crippen LogP contribution in [0.2, 0.25) is 0 Å². The first-order valence-corrected chi connectivity index (χ1v) is 6.93. The van der Waals surface area contributed by atoms with Crippen molar-refractivity contribution < 1.29 is 9.84 Å². The molecule has 0 bridgehead atoms. The van der Waals surface area contributed by atoms with Crippen molar-refractivity contribution in [1.29, 1.82) is 5.26 Å². The number of hydrogen-bond acceptors (Lipinski definition) is 3. The zero-order valence-corrected chi connectivity index (χ0v) is 12.9. The van der Waals surface area contributed by atoms with Crippen molar-refractivity contribution in [2.75, 3.05) is 0 Å². The average molecular weight is 332 g/mol. The van der Waals surface area contributed by atoms with Crippen LogP contribution in [0.25, 0.3) is 0 Å². The summed E-state index contributed by atoms with van der Waals surface area (Å²) in [5.74, 6) is 1.34. The van der Waals surface area contributed by atoms with E-state index < -0.39 is 0 Å². The number of benzene rings is 2. The van der Waals surface area contributed by atoms with E-state index in [1.165, 1.54) is 0 Å². The predicted molar refractivity (Wildman–Crippen MR) is 80.8 cm³/mol. The largest absolute Gasteiger partial charge is 0.456 e. The molecule has 0 unspecified atom stereocenters. The van der Waals surface area contributed by atoms with Crippen molar-refractivity contribution in [2.24, 2.45) is 0 Å². The van der Waals surface area contributed by atoms with Gasteiger partial charge in [-0.05, 0) is 55.3 Å². The minimum Gasteiger partial charge on any atom is -0.456 e. The van der Waals surface area contributed by atoms with Crippen LogP contribution < -0.4 is 4.74 Å². The molecule has 0 fully saturated rings. The maximum Gasteiger partial charge on any atom is 0.133 e. The lowest BCUT2D eigenvalue weighted by Gasteiger charge is -2.14. The van der Waals surface area contributed by atoms with E-state index in [9.17, 15) is 5.11 Å². The van der Waals surface area contributed by atoms with Crippen molar-refractivity contribution in [3.05, 3.63) is 57.1 Å². The third-order valence-corrected chi connectivity index (χ3v) is 3.49. The Kier molecular flexibility index (Phi) is 4.43. The fourth-order valence-corrected chi connectivity index (χ4v) is 2.47. The molecular weight excluding hydrogens is 318 g/mol. The van der Waals surface area contributed by atoms with Gasteiger partial charge in [-0.25, -0.2) is 0 Å². The molecule has 102 valence electrons. The number of aliphatic hydroxyl groups is 1. The second-order valence-corrected chi connectivity index (χ2v) is 5.48. The van der Waals surface area contributed by atoms with Crippen molar-refractivity contribution >= 4 is 15.9 Å². The number of nitrogens with zero attached hydrogens (tertiary/aromatic N) is 1. The predicted octanol–water partition coefficient (Wildman–Crippen LogP) is 4.22. The van der Waals surface area contributed by atoms with E-state index in [-0.39, 0.29) is 6.61 Å². The van der Waals surface area contributed by atoms with Crippen LogP contribution in [-0.2, 0) is 6.61 Å². The number of halogens is 1. The Labute approximate surface area is 126 Å². The molecule has 0 aliphatic rings. The molecule has 2 aromatic carbocycles. The Hall–Kier alpha value is -1.83. The molecule has 0 amide bonds. The summed E-state index contributed by atoms with van der Waals surface area (Å²) in [6, 6.07) is 11.2. The minimum absolute atomic E-state index is 0.0941. The van der Waals surface area contributed by atoms with Gasteiger partial charge in [-0.2, -0.15) is 5.26 Å². The highest BCUT2D eigenvalue weighted by Gasteiger charge is 2.10. The second kappa shape index (κ2) is 6.08. The van der Waals surface area contributed by atoms with Gasteiger partial charge in [0.1, 0.15) is 11.5 Å². The zero-order valence-electron chi connectivity index (χ0n) is 11.3. The first kappa shape index (κ1) is 14.6. The molecule has 0 aromatic heterocycles. The number of ether oxygens (including phenoxy) is 1. The quantitative estimate of drug-likeness (QED) is 0.915. The van der Waals surface area contributed by atoms with Crippen molar-refractivity contribution in [3.63, 3.8) is 0 Å². The van der Waals surface area contributed by atoms with E-state index in [1.807, 2.05) is 32.0 Å². The summed E-state index contributed by atoms with van der Waals surface area (Å²) in [5.41, 5.74) is 3.12. The van der Waals surface area contributed by atoms with Gasteiger partial charge in [0.25, 0.3) is 0 Å². The smallest absolute Gasteiger partial charge is 0.133 e. The highest BCUT2D eigenvalue weighted by atomic mass is 79.9. The van der Waals surface area contributed by atoms with Crippen molar-refractivity contribution in [1.82, 2.24) is 0 Å². The van der Waals surface area contributed by atoms with Gasteiger partial charge in [0.2, 0.25) is 0 Å².